The molecule has 6 bridgehead atoms. The van der Waals surface area contributed by atoms with Gasteiger partial charge in [0.25, 0.3) is 11.8 Å². The molecule has 7 aromatic carbocycles. The second-order valence-electron chi connectivity index (χ2n) is 14.1. The maximum atomic E-state index is 13.9. The van der Waals surface area contributed by atoms with Crippen LogP contribution in [0.5, 0.6) is 0 Å². The van der Waals surface area contributed by atoms with Crippen LogP contribution in [0.3, 0.4) is 0 Å². The molecular formula is C50H44N4O2. The fourth-order valence-corrected chi connectivity index (χ4v) is 7.43. The minimum Gasteiger partial charge on any atom is -0.365 e. The van der Waals surface area contributed by atoms with Gasteiger partial charge < -0.3 is 20.4 Å². The molecule has 0 radical (unpaired) electrons. The average molecular weight is 733 g/mol. The lowest BCUT2D eigenvalue weighted by Crippen LogP contribution is -2.35. The molecule has 0 atom stereocenters. The molecule has 10 rings (SSSR count). The fourth-order valence-electron chi connectivity index (χ4n) is 7.43. The molecule has 2 N–H and O–H groups in total. The van der Waals surface area contributed by atoms with E-state index in [0.717, 1.165) is 33.6 Å². The summed E-state index contributed by atoms with van der Waals surface area (Å²) in [5.74, 6) is -0.363. The van der Waals surface area contributed by atoms with Gasteiger partial charge >= 0.3 is 0 Å². The Hall–Kier alpha value is -6.92. The summed E-state index contributed by atoms with van der Waals surface area (Å²) < 4.78 is 0. The predicted octanol–water partition coefficient (Wildman–Crippen LogP) is 9.87. The van der Waals surface area contributed by atoms with Crippen LogP contribution in [-0.2, 0) is 13.1 Å². The monoisotopic (exact) mass is 732 g/mol. The van der Waals surface area contributed by atoms with Gasteiger partial charge in [0.2, 0.25) is 0 Å². The molecule has 0 fully saturated rings. The molecule has 0 aromatic heterocycles. The van der Waals surface area contributed by atoms with Gasteiger partial charge in [-0.3, -0.25) is 9.59 Å². The second-order valence-corrected chi connectivity index (χ2v) is 14.1. The van der Waals surface area contributed by atoms with Crippen LogP contribution in [0, 0.1) is 0 Å². The molecule has 6 nitrogen and oxygen atoms in total. The van der Waals surface area contributed by atoms with Crippen molar-refractivity contribution in [1.82, 2.24) is 10.6 Å². The third kappa shape index (κ3) is 8.40. The van der Waals surface area contributed by atoms with Crippen LogP contribution in [0.1, 0.15) is 31.8 Å². The van der Waals surface area contributed by atoms with Gasteiger partial charge in [-0.25, -0.2) is 0 Å². The van der Waals surface area contributed by atoms with Crippen LogP contribution in [0.25, 0.3) is 33.4 Å². The van der Waals surface area contributed by atoms with Gasteiger partial charge in [-0.2, -0.15) is 0 Å². The molecule has 3 aliphatic rings. The number of nitrogens with zero attached hydrogens (tertiary/aromatic N) is 2. The third-order valence-electron chi connectivity index (χ3n) is 10.4. The standard InChI is InChI=1S/C50H44N4O2/c55-49-47-20-9-7-18-45(47)46-19-8-10-21-48(46)50(56)52-31-33-54(44-16-5-2-6-17-44)36-38-24-28-40(29-25-38)42-13-11-12-41(34-42)39-26-22-37(23-27-39)35-53(32-30-51-49)43-14-3-1-4-15-43/h1-29,34H,30-33,35-36H2,(H,51,55)(H,52,56). The van der Waals surface area contributed by atoms with E-state index in [1.165, 1.54) is 11.1 Å². The lowest BCUT2D eigenvalue weighted by molar-refractivity contribution is 0.0945. The molecule has 56 heavy (non-hydrogen) atoms. The molecule has 0 aliphatic carbocycles. The van der Waals surface area contributed by atoms with E-state index in [1.807, 2.05) is 84.9 Å². The Labute approximate surface area is 329 Å². The van der Waals surface area contributed by atoms with Crippen molar-refractivity contribution < 1.29 is 9.59 Å². The number of carbonyl (C=O) groups is 2. The molecule has 2 amide bonds. The fraction of sp³-hybridized carbons (Fsp3) is 0.120. The molecule has 0 saturated carbocycles. The summed E-state index contributed by atoms with van der Waals surface area (Å²) in [5.41, 5.74) is 11.7. The molecular weight excluding hydrogens is 689 g/mol. The lowest BCUT2D eigenvalue weighted by atomic mass is 9.94. The van der Waals surface area contributed by atoms with E-state index >= 15 is 0 Å². The van der Waals surface area contributed by atoms with Gasteiger partial charge in [0.05, 0.1) is 0 Å². The Bertz CT molecular complexity index is 2240. The van der Waals surface area contributed by atoms with E-state index in [1.54, 1.807) is 0 Å². The minimum absolute atomic E-state index is 0.181. The number of hydrogen-bond acceptors (Lipinski definition) is 4. The highest BCUT2D eigenvalue weighted by Crippen LogP contribution is 2.30. The average Bonchev–Trinajstić information content (AvgIpc) is 3.26. The number of hydrogen-bond donors (Lipinski definition) is 2. The molecule has 3 aliphatic heterocycles. The smallest absolute Gasteiger partial charge is 0.251 e. The summed E-state index contributed by atoms with van der Waals surface area (Å²) in [6.45, 7) is 3.47. The molecule has 7 aromatic rings. The predicted molar refractivity (Wildman–Crippen MR) is 229 cm³/mol. The summed E-state index contributed by atoms with van der Waals surface area (Å²) >= 11 is 0. The number of rotatable bonds is 2. The highest BCUT2D eigenvalue weighted by molar-refractivity contribution is 6.06. The summed E-state index contributed by atoms with van der Waals surface area (Å²) in [6.07, 6.45) is 0. The summed E-state index contributed by atoms with van der Waals surface area (Å²) in [7, 11) is 0. The van der Waals surface area contributed by atoms with Crippen molar-refractivity contribution in [1.29, 1.82) is 0 Å². The number of anilines is 2. The van der Waals surface area contributed by atoms with Crippen molar-refractivity contribution in [3.63, 3.8) is 0 Å². The second kappa shape index (κ2) is 17.0. The van der Waals surface area contributed by atoms with Crippen LogP contribution < -0.4 is 20.4 Å². The van der Waals surface area contributed by atoms with E-state index in [9.17, 15) is 9.59 Å². The zero-order chi connectivity index (χ0) is 38.1. The summed E-state index contributed by atoms with van der Waals surface area (Å²) in [5, 5.41) is 6.35. The highest BCUT2D eigenvalue weighted by atomic mass is 16.2. The molecule has 0 spiro atoms. The SMILES string of the molecule is O=C1NCCN(c2ccccc2)Cc2ccc(cc2)-c2cccc(c2)-c2ccc(cc2)CN(c2ccccc2)CCNC(=O)c2ccccc2-c2ccccc21. The summed E-state index contributed by atoms with van der Waals surface area (Å²) in [4.78, 5) is 32.3. The lowest BCUT2D eigenvalue weighted by Gasteiger charge is -2.25. The van der Waals surface area contributed by atoms with Gasteiger partial charge in [-0.1, -0.05) is 140 Å². The third-order valence-corrected chi connectivity index (χ3v) is 10.4. The van der Waals surface area contributed by atoms with Gasteiger partial charge in [0, 0.05) is 61.8 Å². The first-order valence-electron chi connectivity index (χ1n) is 19.2. The minimum atomic E-state index is -0.181. The van der Waals surface area contributed by atoms with E-state index in [0.29, 0.717) is 61.5 Å². The Morgan fingerprint density at radius 1 is 0.357 bits per heavy atom. The number of nitrogens with one attached hydrogen (secondary N) is 2. The van der Waals surface area contributed by atoms with Crippen molar-refractivity contribution in [2.24, 2.45) is 0 Å². The zero-order valence-electron chi connectivity index (χ0n) is 31.3. The number of fused-ring (bicyclic) bond motifs is 2. The molecule has 6 heteroatoms. The first-order chi connectivity index (χ1) is 27.6. The first kappa shape index (κ1) is 36.1. The van der Waals surface area contributed by atoms with E-state index in [-0.39, 0.29) is 11.8 Å². The van der Waals surface area contributed by atoms with Crippen molar-refractivity contribution >= 4 is 23.2 Å². The Morgan fingerprint density at radius 3 is 1.14 bits per heavy atom. The maximum Gasteiger partial charge on any atom is 0.251 e. The Kier molecular flexibility index (Phi) is 11.0. The van der Waals surface area contributed by atoms with Crippen molar-refractivity contribution in [3.05, 3.63) is 204 Å². The normalized spacial score (nSPS) is 13.9. The van der Waals surface area contributed by atoms with E-state index in [2.05, 4.69) is 117 Å². The quantitative estimate of drug-likeness (QED) is 0.186. The number of benzene rings is 7. The van der Waals surface area contributed by atoms with Crippen LogP contribution in [0.15, 0.2) is 182 Å². The largest absolute Gasteiger partial charge is 0.365 e. The van der Waals surface area contributed by atoms with Gasteiger partial charge in [0.15, 0.2) is 0 Å². The van der Waals surface area contributed by atoms with Crippen molar-refractivity contribution in [3.8, 4) is 33.4 Å². The zero-order valence-corrected chi connectivity index (χ0v) is 31.3. The van der Waals surface area contributed by atoms with E-state index in [4.69, 9.17) is 0 Å². The van der Waals surface area contributed by atoms with Crippen LogP contribution in [-0.4, -0.2) is 38.0 Å². The molecule has 0 saturated heterocycles. The number of carbonyl (C=O) groups excluding carboxylic acids is 2. The Morgan fingerprint density at radius 2 is 0.732 bits per heavy atom. The summed E-state index contributed by atoms with van der Waals surface area (Å²) in [6, 6.07) is 61.9. The van der Waals surface area contributed by atoms with Crippen LogP contribution in [0.4, 0.5) is 11.4 Å². The number of amides is 2. The van der Waals surface area contributed by atoms with Gasteiger partial charge in [0.1, 0.15) is 0 Å². The van der Waals surface area contributed by atoms with E-state index < -0.39 is 0 Å². The van der Waals surface area contributed by atoms with Crippen molar-refractivity contribution in [2.75, 3.05) is 36.0 Å². The highest BCUT2D eigenvalue weighted by Gasteiger charge is 2.19. The topological polar surface area (TPSA) is 64.7 Å². The van der Waals surface area contributed by atoms with Crippen molar-refractivity contribution in [2.45, 2.75) is 13.1 Å². The van der Waals surface area contributed by atoms with Crippen LogP contribution in [0.2, 0.25) is 0 Å². The number of para-hydroxylation sites is 2. The Balaban J connectivity index is 1.13. The molecule has 0 unspecified atom stereocenters. The van der Waals surface area contributed by atoms with Gasteiger partial charge in [-0.05, 0) is 87.0 Å². The molecule has 276 valence electrons. The molecule has 3 heterocycles. The van der Waals surface area contributed by atoms with Gasteiger partial charge in [-0.15, -0.1) is 0 Å². The van der Waals surface area contributed by atoms with Crippen LogP contribution >= 0.6 is 0 Å². The first-order valence-corrected chi connectivity index (χ1v) is 19.2. The maximum absolute atomic E-state index is 13.9.